The molecule has 1 rings (SSSR count). The number of nitrogens with one attached hydrogen (secondary N) is 1. The van der Waals surface area contributed by atoms with E-state index in [1.807, 2.05) is 6.92 Å². The van der Waals surface area contributed by atoms with E-state index in [4.69, 9.17) is 5.11 Å². The van der Waals surface area contributed by atoms with Crippen molar-refractivity contribution in [3.8, 4) is 0 Å². The second-order valence-corrected chi connectivity index (χ2v) is 4.80. The summed E-state index contributed by atoms with van der Waals surface area (Å²) >= 11 is 0. The molecule has 0 aromatic rings. The van der Waals surface area contributed by atoms with E-state index in [-0.39, 0.29) is 18.9 Å². The lowest BCUT2D eigenvalue weighted by Gasteiger charge is -2.37. The highest BCUT2D eigenvalue weighted by Crippen LogP contribution is 2.22. The smallest absolute Gasteiger partial charge is 0.324 e. The van der Waals surface area contributed by atoms with Gasteiger partial charge in [-0.25, -0.2) is 4.79 Å². The summed E-state index contributed by atoms with van der Waals surface area (Å²) in [6.45, 7) is 4.69. The minimum Gasteiger partial charge on any atom is -0.481 e. The van der Waals surface area contributed by atoms with Gasteiger partial charge in [0.2, 0.25) is 5.91 Å². The number of aliphatic carboxylic acids is 1. The summed E-state index contributed by atoms with van der Waals surface area (Å²) in [5.74, 6) is -1.16. The molecule has 0 aromatic carbocycles. The van der Waals surface area contributed by atoms with Crippen molar-refractivity contribution < 1.29 is 19.5 Å². The van der Waals surface area contributed by atoms with Crippen LogP contribution in [0, 0.1) is 5.92 Å². The topological polar surface area (TPSA) is 86.7 Å². The van der Waals surface area contributed by atoms with Crippen LogP contribution in [0.2, 0.25) is 0 Å². The molecule has 0 bridgehead atoms. The number of hydrogen-bond acceptors (Lipinski definition) is 3. The lowest BCUT2D eigenvalue weighted by atomic mass is 9.92. The van der Waals surface area contributed by atoms with E-state index in [9.17, 15) is 14.4 Å². The molecule has 0 aromatic heterocycles. The van der Waals surface area contributed by atoms with Crippen LogP contribution in [-0.2, 0) is 9.59 Å². The molecule has 2 atom stereocenters. The fourth-order valence-electron chi connectivity index (χ4n) is 2.10. The summed E-state index contributed by atoms with van der Waals surface area (Å²) in [5, 5.41) is 10.7. The number of carbonyl (C=O) groups is 3. The van der Waals surface area contributed by atoms with Gasteiger partial charge in [-0.1, -0.05) is 6.92 Å². The quantitative estimate of drug-likeness (QED) is 0.794. The van der Waals surface area contributed by atoms with Gasteiger partial charge in [-0.2, -0.15) is 0 Å². The predicted octanol–water partition coefficient (Wildman–Crippen LogP) is 1.21. The van der Waals surface area contributed by atoms with E-state index < -0.39 is 17.9 Å². The molecular weight excluding hydrogens is 236 g/mol. The van der Waals surface area contributed by atoms with Gasteiger partial charge in [-0.15, -0.1) is 0 Å². The van der Waals surface area contributed by atoms with Crippen molar-refractivity contribution in [3.63, 3.8) is 0 Å². The minimum absolute atomic E-state index is 0.103. The number of carbonyl (C=O) groups excluding carboxylic acids is 2. The largest absolute Gasteiger partial charge is 0.481 e. The number of imide groups is 1. The van der Waals surface area contributed by atoms with Crippen LogP contribution in [0.5, 0.6) is 0 Å². The summed E-state index contributed by atoms with van der Waals surface area (Å²) in [7, 11) is 0. The van der Waals surface area contributed by atoms with Crippen LogP contribution in [0.25, 0.3) is 0 Å². The van der Waals surface area contributed by atoms with Gasteiger partial charge in [0.25, 0.3) is 0 Å². The molecule has 3 amide bonds. The van der Waals surface area contributed by atoms with E-state index in [1.165, 1.54) is 0 Å². The van der Waals surface area contributed by atoms with Crippen LogP contribution in [0.3, 0.4) is 0 Å². The van der Waals surface area contributed by atoms with Crippen LogP contribution in [-0.4, -0.2) is 40.5 Å². The minimum atomic E-state index is -1.04. The van der Waals surface area contributed by atoms with Gasteiger partial charge in [-0.05, 0) is 25.7 Å². The number of piperidine rings is 1. The first kappa shape index (κ1) is 14.5. The van der Waals surface area contributed by atoms with E-state index in [1.54, 1.807) is 4.90 Å². The highest BCUT2D eigenvalue weighted by molar-refractivity contribution is 5.95. The molecule has 0 saturated carbocycles. The van der Waals surface area contributed by atoms with Gasteiger partial charge in [0.15, 0.2) is 0 Å². The fraction of sp³-hybridized carbons (Fsp3) is 0.750. The lowest BCUT2D eigenvalue weighted by molar-refractivity contribution is -0.138. The van der Waals surface area contributed by atoms with E-state index >= 15 is 0 Å². The molecule has 1 fully saturated rings. The number of carboxylic acids is 1. The maximum Gasteiger partial charge on any atom is 0.324 e. The standard InChI is InChI=1S/C12H20N2O4/c1-8-4-3-7-14(9(8)2)12(18)13-10(15)5-6-11(16)17/h8-9H,3-7H2,1-2H3,(H,16,17)(H,13,15,18). The third-order valence-electron chi connectivity index (χ3n) is 3.45. The molecular formula is C12H20N2O4. The summed E-state index contributed by atoms with van der Waals surface area (Å²) in [5.41, 5.74) is 0. The van der Waals surface area contributed by atoms with Crippen LogP contribution < -0.4 is 5.32 Å². The molecule has 0 aliphatic carbocycles. The Kier molecular flexibility index (Phi) is 5.12. The van der Waals surface area contributed by atoms with E-state index in [0.29, 0.717) is 12.5 Å². The SMILES string of the molecule is CC1CCCN(C(=O)NC(=O)CCC(=O)O)C1C. The van der Waals surface area contributed by atoms with Gasteiger partial charge >= 0.3 is 12.0 Å². The average Bonchev–Trinajstić information content (AvgIpc) is 2.30. The molecule has 1 heterocycles. The molecule has 6 heteroatoms. The van der Waals surface area contributed by atoms with E-state index in [0.717, 1.165) is 12.8 Å². The number of rotatable bonds is 3. The first-order valence-corrected chi connectivity index (χ1v) is 6.24. The lowest BCUT2D eigenvalue weighted by Crippen LogP contribution is -2.51. The Hall–Kier alpha value is -1.59. The fourth-order valence-corrected chi connectivity index (χ4v) is 2.10. The Balaban J connectivity index is 2.44. The number of nitrogens with zero attached hydrogens (tertiary/aromatic N) is 1. The summed E-state index contributed by atoms with van der Waals surface area (Å²) in [4.78, 5) is 35.2. The van der Waals surface area contributed by atoms with E-state index in [2.05, 4.69) is 12.2 Å². The summed E-state index contributed by atoms with van der Waals surface area (Å²) < 4.78 is 0. The Morgan fingerprint density at radius 3 is 2.56 bits per heavy atom. The van der Waals surface area contributed by atoms with Crippen LogP contribution in [0.4, 0.5) is 4.79 Å². The van der Waals surface area contributed by atoms with Crippen LogP contribution in [0.1, 0.15) is 39.5 Å². The zero-order valence-corrected chi connectivity index (χ0v) is 10.8. The molecule has 0 spiro atoms. The molecule has 2 unspecified atom stereocenters. The number of urea groups is 1. The summed E-state index contributed by atoms with van der Waals surface area (Å²) in [6, 6.07) is -0.310. The Morgan fingerprint density at radius 1 is 1.28 bits per heavy atom. The second-order valence-electron chi connectivity index (χ2n) is 4.80. The Labute approximate surface area is 106 Å². The van der Waals surface area contributed by atoms with Crippen molar-refractivity contribution in [1.82, 2.24) is 10.2 Å². The average molecular weight is 256 g/mol. The maximum absolute atomic E-state index is 11.9. The van der Waals surface area contributed by atoms with Crippen molar-refractivity contribution >= 4 is 17.9 Å². The van der Waals surface area contributed by atoms with Gasteiger partial charge in [0.1, 0.15) is 0 Å². The molecule has 102 valence electrons. The molecule has 1 aliphatic heterocycles. The zero-order valence-electron chi connectivity index (χ0n) is 10.8. The third-order valence-corrected chi connectivity index (χ3v) is 3.45. The van der Waals surface area contributed by atoms with Crippen molar-refractivity contribution in [3.05, 3.63) is 0 Å². The Morgan fingerprint density at radius 2 is 1.94 bits per heavy atom. The number of carboxylic acid groups (broad SMARTS) is 1. The normalized spacial score (nSPS) is 23.6. The predicted molar refractivity (Wildman–Crippen MR) is 65.0 cm³/mol. The maximum atomic E-state index is 11.9. The molecule has 6 nitrogen and oxygen atoms in total. The van der Waals surface area contributed by atoms with Gasteiger partial charge in [0, 0.05) is 19.0 Å². The van der Waals surface area contributed by atoms with Crippen LogP contribution >= 0.6 is 0 Å². The molecule has 1 aliphatic rings. The molecule has 2 N–H and O–H groups in total. The van der Waals surface area contributed by atoms with Gasteiger partial charge < -0.3 is 10.0 Å². The molecule has 1 saturated heterocycles. The third kappa shape index (κ3) is 4.01. The highest BCUT2D eigenvalue weighted by Gasteiger charge is 2.29. The van der Waals surface area contributed by atoms with Crippen molar-refractivity contribution in [2.45, 2.75) is 45.6 Å². The Bertz CT molecular complexity index is 343. The first-order chi connectivity index (χ1) is 8.41. The first-order valence-electron chi connectivity index (χ1n) is 6.24. The van der Waals surface area contributed by atoms with Gasteiger partial charge in [0.05, 0.1) is 6.42 Å². The van der Waals surface area contributed by atoms with Gasteiger partial charge in [-0.3, -0.25) is 14.9 Å². The molecule has 0 radical (unpaired) electrons. The highest BCUT2D eigenvalue weighted by atomic mass is 16.4. The second kappa shape index (κ2) is 6.37. The number of hydrogen-bond donors (Lipinski definition) is 2. The zero-order chi connectivity index (χ0) is 13.7. The number of amides is 3. The summed E-state index contributed by atoms with van der Waals surface area (Å²) in [6.07, 6.45) is 1.59. The van der Waals surface area contributed by atoms with Crippen molar-refractivity contribution in [2.24, 2.45) is 5.92 Å². The van der Waals surface area contributed by atoms with Crippen molar-refractivity contribution in [1.29, 1.82) is 0 Å². The number of likely N-dealkylation sites (tertiary alicyclic amines) is 1. The monoisotopic (exact) mass is 256 g/mol. The molecule has 18 heavy (non-hydrogen) atoms. The van der Waals surface area contributed by atoms with Crippen LogP contribution in [0.15, 0.2) is 0 Å². The van der Waals surface area contributed by atoms with Crippen molar-refractivity contribution in [2.75, 3.05) is 6.54 Å².